The maximum absolute atomic E-state index is 14.2. The van der Waals surface area contributed by atoms with Crippen LogP contribution in [0.25, 0.3) is 5.31 Å². The molecule has 0 aromatic heterocycles. The molecule has 0 radical (unpaired) electrons. The first-order valence-electron chi connectivity index (χ1n) is 10.9. The van der Waals surface area contributed by atoms with E-state index in [4.69, 9.17) is 0 Å². The fourth-order valence-electron chi connectivity index (χ4n) is 4.81. The summed E-state index contributed by atoms with van der Waals surface area (Å²) in [5, 5.41) is 3.72. The van der Waals surface area contributed by atoms with Gasteiger partial charge in [-0.3, -0.25) is 9.59 Å². The van der Waals surface area contributed by atoms with Crippen molar-refractivity contribution in [2.45, 2.75) is 6.92 Å². The van der Waals surface area contributed by atoms with Gasteiger partial charge in [0.2, 0.25) is 0 Å². The molecule has 33 heavy (non-hydrogen) atoms. The Hall–Kier alpha value is -3.74. The molecule has 5 rings (SSSR count). The fraction of sp³-hybridized carbons (Fsp3) is 0.0333. The molecule has 2 nitrogen and oxygen atoms in total. The molecule has 4 aromatic rings. The zero-order chi connectivity index (χ0) is 22.8. The van der Waals surface area contributed by atoms with Crippen LogP contribution in [-0.2, 0) is 9.59 Å². The summed E-state index contributed by atoms with van der Waals surface area (Å²) in [6.45, 7) is -1.15. The second kappa shape index (κ2) is 8.65. The van der Waals surface area contributed by atoms with Crippen molar-refractivity contribution in [1.29, 1.82) is 0 Å². The van der Waals surface area contributed by atoms with Gasteiger partial charge in [-0.1, -0.05) is 121 Å². The van der Waals surface area contributed by atoms with Crippen LogP contribution < -0.4 is 10.6 Å². The van der Waals surface area contributed by atoms with Gasteiger partial charge in [0.05, 0.1) is 5.57 Å². The molecule has 0 bridgehead atoms. The number of hydrogen-bond acceptors (Lipinski definition) is 2. The highest BCUT2D eigenvalue weighted by Gasteiger charge is 2.45. The average molecular weight is 446 g/mol. The third-order valence-corrected chi connectivity index (χ3v) is 10.5. The number of rotatable bonds is 5. The highest BCUT2D eigenvalue weighted by molar-refractivity contribution is 7.99. The third kappa shape index (κ3) is 3.35. The first kappa shape index (κ1) is 21.1. The highest BCUT2D eigenvalue weighted by Crippen LogP contribution is 2.65. The molecule has 0 fully saturated rings. The minimum absolute atomic E-state index is 0.159. The maximum atomic E-state index is 14.2. The van der Waals surface area contributed by atoms with Gasteiger partial charge in [-0.05, 0) is 35.5 Å². The molecule has 3 heteroatoms. The SMILES string of the molecule is CC(=O)C1=C(c2ccccc2)P(c2ccccc2)(c2ccccc2)=C(c2ccccc2)C1=O. The molecule has 1 heterocycles. The molecule has 160 valence electrons. The number of carbonyl (C=O) groups is 2. The number of hydrogen-bond donors (Lipinski definition) is 0. The van der Waals surface area contributed by atoms with Gasteiger partial charge in [-0.2, -0.15) is 0 Å². The van der Waals surface area contributed by atoms with Gasteiger partial charge in [-0.25, -0.2) is 0 Å². The van der Waals surface area contributed by atoms with E-state index in [9.17, 15) is 9.59 Å². The van der Waals surface area contributed by atoms with E-state index in [-0.39, 0.29) is 11.6 Å². The van der Waals surface area contributed by atoms with Gasteiger partial charge in [0.1, 0.15) is 0 Å². The Bertz CT molecular complexity index is 1370. The molecule has 4 aromatic carbocycles. The van der Waals surface area contributed by atoms with Crippen molar-refractivity contribution in [1.82, 2.24) is 0 Å². The van der Waals surface area contributed by atoms with Crippen LogP contribution in [0.4, 0.5) is 0 Å². The summed E-state index contributed by atoms with van der Waals surface area (Å²) in [7, 11) is 0. The van der Waals surface area contributed by atoms with E-state index in [2.05, 4.69) is 24.3 Å². The molecule has 0 saturated carbocycles. The smallest absolute Gasteiger partial charge is 0.198 e. The van der Waals surface area contributed by atoms with E-state index < -0.39 is 6.89 Å². The Morgan fingerprint density at radius 1 is 0.576 bits per heavy atom. The van der Waals surface area contributed by atoms with E-state index in [1.165, 1.54) is 6.92 Å². The lowest BCUT2D eigenvalue weighted by Gasteiger charge is -2.31. The van der Waals surface area contributed by atoms with Crippen molar-refractivity contribution in [3.63, 3.8) is 0 Å². The van der Waals surface area contributed by atoms with Crippen molar-refractivity contribution in [2.75, 3.05) is 0 Å². The Balaban J connectivity index is 2.08. The van der Waals surface area contributed by atoms with Gasteiger partial charge < -0.3 is 0 Å². The minimum atomic E-state index is -2.66. The molecule has 0 aliphatic carbocycles. The molecule has 0 spiro atoms. The van der Waals surface area contributed by atoms with E-state index in [1.807, 2.05) is 97.1 Å². The Kier molecular flexibility index (Phi) is 5.54. The van der Waals surface area contributed by atoms with Crippen LogP contribution in [0.3, 0.4) is 0 Å². The van der Waals surface area contributed by atoms with Gasteiger partial charge >= 0.3 is 0 Å². The largest absolute Gasteiger partial charge is 0.294 e. The Morgan fingerprint density at radius 2 is 0.970 bits per heavy atom. The molecule has 0 unspecified atom stereocenters. The number of allylic oxidation sites excluding steroid dienone is 1. The number of carbonyl (C=O) groups excluding carboxylic acids is 2. The van der Waals surface area contributed by atoms with Crippen LogP contribution in [0.1, 0.15) is 18.1 Å². The van der Waals surface area contributed by atoms with E-state index in [0.29, 0.717) is 5.57 Å². The van der Waals surface area contributed by atoms with Crippen LogP contribution in [-0.4, -0.2) is 16.9 Å². The van der Waals surface area contributed by atoms with Crippen LogP contribution in [0.15, 0.2) is 127 Å². The molecule has 1 aliphatic heterocycles. The second-order valence-corrected chi connectivity index (χ2v) is 11.3. The molecule has 0 N–H and O–H groups in total. The molecular formula is C30H23O2P. The Labute approximate surface area is 194 Å². The van der Waals surface area contributed by atoms with Gasteiger partial charge in [0, 0.05) is 10.6 Å². The predicted molar refractivity (Wildman–Crippen MR) is 139 cm³/mol. The topological polar surface area (TPSA) is 34.1 Å². The number of ketones is 2. The average Bonchev–Trinajstić information content (AvgIpc) is 3.16. The maximum Gasteiger partial charge on any atom is 0.198 e. The van der Waals surface area contributed by atoms with Crippen molar-refractivity contribution in [2.24, 2.45) is 0 Å². The van der Waals surface area contributed by atoms with Crippen molar-refractivity contribution in [3.05, 3.63) is 138 Å². The number of benzene rings is 4. The van der Waals surface area contributed by atoms with Gasteiger partial charge in [0.15, 0.2) is 11.6 Å². The van der Waals surface area contributed by atoms with E-state index in [0.717, 1.165) is 32.3 Å². The van der Waals surface area contributed by atoms with E-state index in [1.54, 1.807) is 0 Å². The molecule has 1 aliphatic rings. The van der Waals surface area contributed by atoms with Crippen molar-refractivity contribution < 1.29 is 9.59 Å². The molecule has 0 atom stereocenters. The summed E-state index contributed by atoms with van der Waals surface area (Å²) in [5.41, 5.74) is 2.09. The first-order valence-corrected chi connectivity index (χ1v) is 12.7. The summed E-state index contributed by atoms with van der Waals surface area (Å²) >= 11 is 0. The van der Waals surface area contributed by atoms with Crippen LogP contribution in [0, 0.1) is 0 Å². The first-order chi connectivity index (χ1) is 16.2. The summed E-state index contributed by atoms with van der Waals surface area (Å²) in [6.07, 6.45) is 0. The monoisotopic (exact) mass is 446 g/mol. The quantitative estimate of drug-likeness (QED) is 0.301. The number of Topliss-reactive ketones (excluding diaryl/α,β-unsaturated/α-hetero) is 2. The standard InChI is InChI=1S/C30H23O2P/c1-22(31)27-28(32)30(24-16-8-3-9-17-24)33(25-18-10-4-11-19-25,26-20-12-5-13-21-26)29(27)23-14-6-2-7-15-23/h2-21H,1H3. The van der Waals surface area contributed by atoms with Gasteiger partial charge in [-0.15, -0.1) is 0 Å². The second-order valence-electron chi connectivity index (χ2n) is 8.03. The fourth-order valence-corrected chi connectivity index (χ4v) is 9.68. The highest BCUT2D eigenvalue weighted by atomic mass is 31.2. The van der Waals surface area contributed by atoms with Crippen molar-refractivity contribution in [3.8, 4) is 0 Å². The van der Waals surface area contributed by atoms with E-state index >= 15 is 0 Å². The zero-order valence-electron chi connectivity index (χ0n) is 18.3. The predicted octanol–water partition coefficient (Wildman–Crippen LogP) is 5.46. The summed E-state index contributed by atoms with van der Waals surface area (Å²) in [5.74, 6) is -0.352. The van der Waals surface area contributed by atoms with Crippen molar-refractivity contribution >= 4 is 39.7 Å². The van der Waals surface area contributed by atoms with Crippen LogP contribution >= 0.6 is 6.89 Å². The normalized spacial score (nSPS) is 15.1. The lowest BCUT2D eigenvalue weighted by Crippen LogP contribution is -2.24. The minimum Gasteiger partial charge on any atom is -0.294 e. The lowest BCUT2D eigenvalue weighted by atomic mass is 9.98. The summed E-state index contributed by atoms with van der Waals surface area (Å²) in [4.78, 5) is 27.3. The summed E-state index contributed by atoms with van der Waals surface area (Å²) in [6, 6.07) is 40.2. The molecule has 0 saturated heterocycles. The van der Waals surface area contributed by atoms with Gasteiger partial charge in [0.25, 0.3) is 0 Å². The molecular weight excluding hydrogens is 423 g/mol. The van der Waals surface area contributed by atoms with Crippen LogP contribution in [0.5, 0.6) is 0 Å². The zero-order valence-corrected chi connectivity index (χ0v) is 19.2. The molecule has 0 amide bonds. The Morgan fingerprint density at radius 3 is 1.39 bits per heavy atom. The van der Waals surface area contributed by atoms with Crippen LogP contribution in [0.2, 0.25) is 0 Å². The lowest BCUT2D eigenvalue weighted by molar-refractivity contribution is -0.117. The third-order valence-electron chi connectivity index (χ3n) is 6.08. The summed E-state index contributed by atoms with van der Waals surface area (Å²) < 4.78 is 0.